The van der Waals surface area contributed by atoms with Crippen molar-refractivity contribution in [1.29, 1.82) is 0 Å². The third-order valence-electron chi connectivity index (χ3n) is 4.73. The third kappa shape index (κ3) is 4.51. The second-order valence-corrected chi connectivity index (χ2v) is 9.11. The number of anilines is 1. The Morgan fingerprint density at radius 3 is 2.57 bits per heavy atom. The quantitative estimate of drug-likeness (QED) is 0.486. The molecule has 162 valence electrons. The van der Waals surface area contributed by atoms with Gasteiger partial charge in [0.2, 0.25) is 5.91 Å². The predicted octanol–water partition coefficient (Wildman–Crippen LogP) is 2.76. The molecule has 9 nitrogen and oxygen atoms in total. The Labute approximate surface area is 183 Å². The number of nitrogens with zero attached hydrogens (tertiary/aromatic N) is 4. The van der Waals surface area contributed by atoms with Crippen LogP contribution in [0.2, 0.25) is 0 Å². The normalized spacial score (nSPS) is 13.2. The van der Waals surface area contributed by atoms with Gasteiger partial charge >= 0.3 is 5.97 Å². The number of thioether (sulfide) groups is 1. The molecular weight excluding hydrogens is 426 g/mol. The zero-order chi connectivity index (χ0) is 22.0. The van der Waals surface area contributed by atoms with Crippen LogP contribution >= 0.6 is 23.1 Å². The molecule has 2 aromatic rings. The van der Waals surface area contributed by atoms with Gasteiger partial charge in [-0.3, -0.25) is 9.59 Å². The van der Waals surface area contributed by atoms with E-state index in [1.54, 1.807) is 21.0 Å². The highest BCUT2D eigenvalue weighted by Gasteiger charge is 2.30. The Morgan fingerprint density at radius 2 is 2.00 bits per heavy atom. The number of amides is 2. The molecule has 2 aromatic heterocycles. The summed E-state index contributed by atoms with van der Waals surface area (Å²) in [4.78, 5) is 39.1. The van der Waals surface area contributed by atoms with Gasteiger partial charge in [-0.1, -0.05) is 11.8 Å². The van der Waals surface area contributed by atoms with Crippen LogP contribution in [-0.2, 0) is 16.1 Å². The molecular formula is C19H25N5O4S2. The number of thiophene rings is 1. The lowest BCUT2D eigenvalue weighted by molar-refractivity contribution is -0.113. The van der Waals surface area contributed by atoms with Gasteiger partial charge < -0.3 is 19.5 Å². The molecule has 0 spiro atoms. The molecule has 0 aliphatic heterocycles. The van der Waals surface area contributed by atoms with Gasteiger partial charge in [-0.25, -0.2) is 4.79 Å². The maximum absolute atomic E-state index is 12.6. The Hall–Kier alpha value is -2.40. The smallest absolute Gasteiger partial charge is 0.341 e. The minimum atomic E-state index is -0.593. The fraction of sp³-hybridized carbons (Fsp3) is 0.526. The standard InChI is InChI=1S/C19H25N5O4S2/c1-6-24-15(11-7-8-11)21-22-19(24)29-9-12(25)20-16-13(18(27)28-5)10(2)14(30-16)17(26)23(3)4/h11H,6-9H2,1-5H3,(H,20,25). The lowest BCUT2D eigenvalue weighted by Gasteiger charge is -2.08. The van der Waals surface area contributed by atoms with E-state index in [0.717, 1.165) is 36.5 Å². The number of carbonyl (C=O) groups excluding carboxylic acids is 3. The van der Waals surface area contributed by atoms with Gasteiger partial charge in [0.05, 0.1) is 23.3 Å². The molecule has 0 radical (unpaired) electrons. The van der Waals surface area contributed by atoms with E-state index in [2.05, 4.69) is 15.5 Å². The summed E-state index contributed by atoms with van der Waals surface area (Å²) in [5, 5.41) is 12.3. The molecule has 1 aliphatic rings. The molecule has 11 heteroatoms. The van der Waals surface area contributed by atoms with Crippen LogP contribution in [-0.4, -0.2) is 64.4 Å². The molecule has 0 atom stereocenters. The van der Waals surface area contributed by atoms with Crippen LogP contribution in [0.25, 0.3) is 0 Å². The predicted molar refractivity (Wildman–Crippen MR) is 115 cm³/mol. The van der Waals surface area contributed by atoms with Crippen molar-refractivity contribution in [2.75, 3.05) is 32.3 Å². The number of hydrogen-bond acceptors (Lipinski definition) is 8. The van der Waals surface area contributed by atoms with Gasteiger partial charge in [0.25, 0.3) is 5.91 Å². The first-order chi connectivity index (χ1) is 14.3. The van der Waals surface area contributed by atoms with E-state index >= 15 is 0 Å². The fourth-order valence-corrected chi connectivity index (χ4v) is 5.04. The lowest BCUT2D eigenvalue weighted by atomic mass is 10.1. The van der Waals surface area contributed by atoms with Crippen molar-refractivity contribution in [3.8, 4) is 0 Å². The Balaban J connectivity index is 1.75. The molecule has 0 unspecified atom stereocenters. The lowest BCUT2D eigenvalue weighted by Crippen LogP contribution is -2.21. The van der Waals surface area contributed by atoms with E-state index in [-0.39, 0.29) is 23.1 Å². The van der Waals surface area contributed by atoms with Gasteiger partial charge in [0, 0.05) is 26.6 Å². The molecule has 0 saturated heterocycles. The average Bonchev–Trinajstić information content (AvgIpc) is 3.40. The number of methoxy groups -OCH3 is 1. The van der Waals surface area contributed by atoms with E-state index < -0.39 is 5.97 Å². The van der Waals surface area contributed by atoms with Crippen LogP contribution < -0.4 is 5.32 Å². The summed E-state index contributed by atoms with van der Waals surface area (Å²) in [6.45, 7) is 4.45. The zero-order valence-electron chi connectivity index (χ0n) is 17.6. The Bertz CT molecular complexity index is 978. The molecule has 2 heterocycles. The first kappa shape index (κ1) is 22.3. The van der Waals surface area contributed by atoms with E-state index in [1.165, 1.54) is 23.8 Å². The second-order valence-electron chi connectivity index (χ2n) is 7.15. The summed E-state index contributed by atoms with van der Waals surface area (Å²) in [6, 6.07) is 0. The molecule has 2 amide bonds. The minimum absolute atomic E-state index is 0.108. The zero-order valence-corrected chi connectivity index (χ0v) is 19.3. The van der Waals surface area contributed by atoms with Gasteiger partial charge in [0.1, 0.15) is 10.8 Å². The minimum Gasteiger partial charge on any atom is -0.465 e. The summed E-state index contributed by atoms with van der Waals surface area (Å²) in [5.41, 5.74) is 0.701. The van der Waals surface area contributed by atoms with Crippen LogP contribution in [0.5, 0.6) is 0 Å². The number of aromatic nitrogens is 3. The van der Waals surface area contributed by atoms with Gasteiger partial charge in [0.15, 0.2) is 5.16 Å². The van der Waals surface area contributed by atoms with Crippen LogP contribution in [0, 0.1) is 6.92 Å². The summed E-state index contributed by atoms with van der Waals surface area (Å²) >= 11 is 2.37. The van der Waals surface area contributed by atoms with Gasteiger partial charge in [-0.2, -0.15) is 0 Å². The summed E-state index contributed by atoms with van der Waals surface area (Å²) in [6.07, 6.45) is 2.26. The van der Waals surface area contributed by atoms with E-state index in [9.17, 15) is 14.4 Å². The van der Waals surface area contributed by atoms with E-state index in [1.807, 2.05) is 11.5 Å². The molecule has 3 rings (SSSR count). The van der Waals surface area contributed by atoms with E-state index in [0.29, 0.717) is 26.5 Å². The highest BCUT2D eigenvalue weighted by Crippen LogP contribution is 2.40. The molecule has 1 fully saturated rings. The summed E-state index contributed by atoms with van der Waals surface area (Å²) < 4.78 is 6.89. The number of hydrogen-bond donors (Lipinski definition) is 1. The first-order valence-electron chi connectivity index (χ1n) is 9.57. The molecule has 1 N–H and O–H groups in total. The summed E-state index contributed by atoms with van der Waals surface area (Å²) in [7, 11) is 4.53. The SMILES string of the molecule is CCn1c(SCC(=O)Nc2sc(C(=O)N(C)C)c(C)c2C(=O)OC)nnc1C1CC1. The number of carbonyl (C=O) groups is 3. The summed E-state index contributed by atoms with van der Waals surface area (Å²) in [5.74, 6) is 0.440. The number of ether oxygens (including phenoxy) is 1. The van der Waals surface area contributed by atoms with Crippen molar-refractivity contribution in [1.82, 2.24) is 19.7 Å². The monoisotopic (exact) mass is 451 g/mol. The number of esters is 1. The van der Waals surface area contributed by atoms with Crippen molar-refractivity contribution in [3.63, 3.8) is 0 Å². The molecule has 0 bridgehead atoms. The molecule has 30 heavy (non-hydrogen) atoms. The van der Waals surface area contributed by atoms with Crippen molar-refractivity contribution in [2.24, 2.45) is 0 Å². The highest BCUT2D eigenvalue weighted by atomic mass is 32.2. The van der Waals surface area contributed by atoms with Crippen LogP contribution in [0.4, 0.5) is 5.00 Å². The Morgan fingerprint density at radius 1 is 1.30 bits per heavy atom. The second kappa shape index (κ2) is 9.17. The number of rotatable bonds is 8. The van der Waals surface area contributed by atoms with Gasteiger partial charge in [-0.05, 0) is 32.3 Å². The molecule has 0 aromatic carbocycles. The largest absolute Gasteiger partial charge is 0.465 e. The maximum atomic E-state index is 12.6. The van der Waals surface area contributed by atoms with Crippen molar-refractivity contribution >= 4 is 45.9 Å². The average molecular weight is 452 g/mol. The third-order valence-corrected chi connectivity index (χ3v) is 6.89. The highest BCUT2D eigenvalue weighted by molar-refractivity contribution is 7.99. The van der Waals surface area contributed by atoms with Crippen molar-refractivity contribution in [2.45, 2.75) is 44.3 Å². The van der Waals surface area contributed by atoms with Crippen LogP contribution in [0.1, 0.15) is 57.1 Å². The van der Waals surface area contributed by atoms with Gasteiger partial charge in [-0.15, -0.1) is 21.5 Å². The number of nitrogens with one attached hydrogen (secondary N) is 1. The van der Waals surface area contributed by atoms with Crippen LogP contribution in [0.3, 0.4) is 0 Å². The van der Waals surface area contributed by atoms with Crippen LogP contribution in [0.15, 0.2) is 5.16 Å². The van der Waals surface area contributed by atoms with Crippen molar-refractivity contribution < 1.29 is 19.1 Å². The topological polar surface area (TPSA) is 106 Å². The molecule has 1 aliphatic carbocycles. The fourth-order valence-electron chi connectivity index (χ4n) is 3.00. The van der Waals surface area contributed by atoms with E-state index in [4.69, 9.17) is 4.74 Å². The Kier molecular flexibility index (Phi) is 6.81. The van der Waals surface area contributed by atoms with Crippen molar-refractivity contribution in [3.05, 3.63) is 21.8 Å². The maximum Gasteiger partial charge on any atom is 0.341 e. The first-order valence-corrected chi connectivity index (χ1v) is 11.4. The molecule has 1 saturated carbocycles.